The van der Waals surface area contributed by atoms with Gasteiger partial charge in [0.05, 0.1) is 33.0 Å². The normalized spacial score (nSPS) is 19.0. The first-order chi connectivity index (χ1) is 12.5. The highest BCUT2D eigenvalue weighted by molar-refractivity contribution is 7.99. The average molecular weight is 384 g/mol. The topological polar surface area (TPSA) is 106 Å². The maximum atomic E-state index is 12.1. The Kier molecular flexibility index (Phi) is 7.55. The highest BCUT2D eigenvalue weighted by Gasteiger charge is 2.36. The third-order valence-corrected chi connectivity index (χ3v) is 5.21. The molecule has 3 N–H and O–H groups in total. The number of anilines is 1. The number of nitrogens with one attached hydrogen (secondary N) is 2. The molecule has 1 fully saturated rings. The SMILES string of the molecule is COc1ccc(NC(=O)C(=O)NCC2(OCCO)CCSC2)cc1OC. The molecule has 1 aliphatic heterocycles. The molecule has 1 aromatic carbocycles. The Hall–Kier alpha value is -1.97. The Morgan fingerprint density at radius 3 is 2.62 bits per heavy atom. The van der Waals surface area contributed by atoms with Gasteiger partial charge in [-0.05, 0) is 24.3 Å². The molecule has 8 nitrogen and oxygen atoms in total. The summed E-state index contributed by atoms with van der Waals surface area (Å²) in [6.07, 6.45) is 0.759. The largest absolute Gasteiger partial charge is 0.493 e. The maximum absolute atomic E-state index is 12.1. The van der Waals surface area contributed by atoms with Crippen molar-refractivity contribution in [1.29, 1.82) is 0 Å². The molecule has 1 atom stereocenters. The molecule has 1 saturated heterocycles. The van der Waals surface area contributed by atoms with E-state index in [9.17, 15) is 9.59 Å². The third-order valence-electron chi connectivity index (χ3n) is 3.99. The van der Waals surface area contributed by atoms with Gasteiger partial charge in [0.1, 0.15) is 0 Å². The fourth-order valence-electron chi connectivity index (χ4n) is 2.58. The maximum Gasteiger partial charge on any atom is 0.313 e. The summed E-state index contributed by atoms with van der Waals surface area (Å²) in [6, 6.07) is 4.83. The van der Waals surface area contributed by atoms with Crippen LogP contribution < -0.4 is 20.1 Å². The molecule has 9 heteroatoms. The molecule has 0 aromatic heterocycles. The van der Waals surface area contributed by atoms with Gasteiger partial charge in [0.25, 0.3) is 0 Å². The fraction of sp³-hybridized carbons (Fsp3) is 0.529. The number of thioether (sulfide) groups is 1. The smallest absolute Gasteiger partial charge is 0.313 e. The Morgan fingerprint density at radius 1 is 1.23 bits per heavy atom. The Morgan fingerprint density at radius 2 is 2.00 bits per heavy atom. The van der Waals surface area contributed by atoms with E-state index < -0.39 is 17.4 Å². The van der Waals surface area contributed by atoms with Gasteiger partial charge in [-0.2, -0.15) is 11.8 Å². The highest BCUT2D eigenvalue weighted by Crippen LogP contribution is 2.31. The summed E-state index contributed by atoms with van der Waals surface area (Å²) in [6.45, 7) is 0.340. The number of aliphatic hydroxyl groups excluding tert-OH is 1. The van der Waals surface area contributed by atoms with Crippen LogP contribution in [-0.2, 0) is 14.3 Å². The highest BCUT2D eigenvalue weighted by atomic mass is 32.2. The van der Waals surface area contributed by atoms with Gasteiger partial charge in [0.15, 0.2) is 11.5 Å². The van der Waals surface area contributed by atoms with Crippen molar-refractivity contribution in [3.63, 3.8) is 0 Å². The van der Waals surface area contributed by atoms with Crippen molar-refractivity contribution in [2.75, 3.05) is 50.8 Å². The van der Waals surface area contributed by atoms with Crippen LogP contribution >= 0.6 is 11.8 Å². The second-order valence-corrected chi connectivity index (χ2v) is 6.87. The molecule has 144 valence electrons. The number of aliphatic hydroxyl groups is 1. The van der Waals surface area contributed by atoms with Gasteiger partial charge in [-0.25, -0.2) is 0 Å². The van der Waals surface area contributed by atoms with Gasteiger partial charge in [-0.3, -0.25) is 9.59 Å². The first kappa shape index (κ1) is 20.3. The van der Waals surface area contributed by atoms with Gasteiger partial charge in [0.2, 0.25) is 0 Å². The lowest BCUT2D eigenvalue weighted by Gasteiger charge is -2.28. The number of ether oxygens (including phenoxy) is 3. The summed E-state index contributed by atoms with van der Waals surface area (Å²) in [4.78, 5) is 24.2. The zero-order valence-corrected chi connectivity index (χ0v) is 15.7. The zero-order valence-electron chi connectivity index (χ0n) is 14.9. The second-order valence-electron chi connectivity index (χ2n) is 5.76. The van der Waals surface area contributed by atoms with Crippen LogP contribution in [0.2, 0.25) is 0 Å². The van der Waals surface area contributed by atoms with Gasteiger partial charge in [-0.15, -0.1) is 0 Å². The van der Waals surface area contributed by atoms with Gasteiger partial charge < -0.3 is 30.0 Å². The first-order valence-electron chi connectivity index (χ1n) is 8.17. The van der Waals surface area contributed by atoms with Crippen molar-refractivity contribution in [2.45, 2.75) is 12.0 Å². The van der Waals surface area contributed by atoms with E-state index in [0.717, 1.165) is 12.2 Å². The quantitative estimate of drug-likeness (QED) is 0.565. The number of benzene rings is 1. The van der Waals surface area contributed by atoms with Crippen LogP contribution in [0.1, 0.15) is 6.42 Å². The van der Waals surface area contributed by atoms with E-state index in [1.807, 2.05) is 0 Å². The van der Waals surface area contributed by atoms with E-state index in [1.54, 1.807) is 30.0 Å². The molecule has 1 unspecified atom stereocenters. The Balaban J connectivity index is 1.92. The fourth-order valence-corrected chi connectivity index (χ4v) is 3.94. The van der Waals surface area contributed by atoms with E-state index in [-0.39, 0.29) is 19.8 Å². The molecule has 0 radical (unpaired) electrons. The number of carbonyl (C=O) groups excluding carboxylic acids is 2. The van der Waals surface area contributed by atoms with Crippen LogP contribution in [0.4, 0.5) is 5.69 Å². The van der Waals surface area contributed by atoms with Gasteiger partial charge in [-0.1, -0.05) is 0 Å². The van der Waals surface area contributed by atoms with E-state index >= 15 is 0 Å². The van der Waals surface area contributed by atoms with Gasteiger partial charge in [0, 0.05) is 24.1 Å². The van der Waals surface area contributed by atoms with Crippen molar-refractivity contribution in [1.82, 2.24) is 5.32 Å². The van der Waals surface area contributed by atoms with Crippen LogP contribution in [-0.4, -0.2) is 68.0 Å². The monoisotopic (exact) mass is 384 g/mol. The van der Waals surface area contributed by atoms with Crippen LogP contribution in [0.5, 0.6) is 11.5 Å². The van der Waals surface area contributed by atoms with Gasteiger partial charge >= 0.3 is 11.8 Å². The summed E-state index contributed by atoms with van der Waals surface area (Å²) >= 11 is 1.72. The lowest BCUT2D eigenvalue weighted by molar-refractivity contribution is -0.137. The van der Waals surface area contributed by atoms with Crippen molar-refractivity contribution in [3.05, 3.63) is 18.2 Å². The predicted molar refractivity (Wildman–Crippen MR) is 98.9 cm³/mol. The predicted octanol–water partition coefficient (Wildman–Crippen LogP) is 0.643. The number of methoxy groups -OCH3 is 2. The molecular weight excluding hydrogens is 360 g/mol. The number of rotatable bonds is 8. The number of hydrogen-bond donors (Lipinski definition) is 3. The minimum Gasteiger partial charge on any atom is -0.493 e. The number of hydrogen-bond acceptors (Lipinski definition) is 7. The van der Waals surface area contributed by atoms with Crippen molar-refractivity contribution >= 4 is 29.3 Å². The van der Waals surface area contributed by atoms with E-state index in [1.165, 1.54) is 14.2 Å². The summed E-state index contributed by atoms with van der Waals surface area (Å²) in [5.41, 5.74) is -0.113. The van der Waals surface area contributed by atoms with Crippen molar-refractivity contribution in [3.8, 4) is 11.5 Å². The molecular formula is C17H24N2O6S. The molecule has 0 spiro atoms. The molecule has 0 saturated carbocycles. The molecule has 26 heavy (non-hydrogen) atoms. The molecule has 2 rings (SSSR count). The molecule has 1 aromatic rings. The number of amides is 2. The Labute approximate surface area is 156 Å². The zero-order chi connectivity index (χ0) is 19.0. The van der Waals surface area contributed by atoms with Crippen LogP contribution in [0, 0.1) is 0 Å². The van der Waals surface area contributed by atoms with Crippen LogP contribution in [0.3, 0.4) is 0 Å². The summed E-state index contributed by atoms with van der Waals surface area (Å²) < 4.78 is 16.0. The van der Waals surface area contributed by atoms with E-state index in [2.05, 4.69) is 10.6 Å². The Bertz CT molecular complexity index is 634. The van der Waals surface area contributed by atoms with E-state index in [4.69, 9.17) is 19.3 Å². The second kappa shape index (κ2) is 9.65. The number of carbonyl (C=O) groups is 2. The minimum atomic E-state index is -0.778. The lowest BCUT2D eigenvalue weighted by Crippen LogP contribution is -2.48. The molecule has 2 amide bonds. The average Bonchev–Trinajstić information content (AvgIpc) is 3.13. The van der Waals surface area contributed by atoms with Crippen molar-refractivity contribution < 1.29 is 28.9 Å². The van der Waals surface area contributed by atoms with Crippen LogP contribution in [0.15, 0.2) is 18.2 Å². The summed E-state index contributed by atoms with van der Waals surface area (Å²) in [5.74, 6) is 1.08. The van der Waals surface area contributed by atoms with E-state index in [0.29, 0.717) is 22.9 Å². The van der Waals surface area contributed by atoms with Crippen molar-refractivity contribution in [2.24, 2.45) is 0 Å². The first-order valence-corrected chi connectivity index (χ1v) is 9.33. The molecule has 1 aliphatic rings. The molecule has 1 heterocycles. The standard InChI is InChI=1S/C17H24N2O6S/c1-23-13-4-3-12(9-14(13)24-2)19-16(22)15(21)18-10-17(25-7-6-20)5-8-26-11-17/h3-4,9,20H,5-8,10-11H2,1-2H3,(H,18,21)(H,19,22). The molecule has 0 bridgehead atoms. The lowest BCUT2D eigenvalue weighted by atomic mass is 10.0. The van der Waals surface area contributed by atoms with Crippen LogP contribution in [0.25, 0.3) is 0 Å². The third kappa shape index (κ3) is 5.26. The minimum absolute atomic E-state index is 0.0832. The summed E-state index contributed by atoms with van der Waals surface area (Å²) in [5, 5.41) is 14.1. The molecule has 0 aliphatic carbocycles. The summed E-state index contributed by atoms with van der Waals surface area (Å²) in [7, 11) is 3.00.